The minimum Gasteiger partial charge on any atom is -0.494 e. The first-order chi connectivity index (χ1) is 10.7. The third kappa shape index (κ3) is 6.75. The van der Waals surface area contributed by atoms with Crippen LogP contribution in [0.5, 0.6) is 5.75 Å². The van der Waals surface area contributed by atoms with Crippen LogP contribution in [0, 0.1) is 5.92 Å². The second-order valence-corrected chi connectivity index (χ2v) is 12.1. The van der Waals surface area contributed by atoms with E-state index in [2.05, 4.69) is 46.8 Å². The molecule has 0 N–H and O–H groups in total. The molecule has 0 saturated carbocycles. The third-order valence-corrected chi connectivity index (χ3v) is 7.36. The molecule has 130 valence electrons. The molecule has 0 heterocycles. The van der Waals surface area contributed by atoms with Crippen molar-refractivity contribution in [3.05, 3.63) is 22.7 Å². The first-order valence-electron chi connectivity index (χ1n) is 7.19. The summed E-state index contributed by atoms with van der Waals surface area (Å²) in [7, 11) is 1.31. The Morgan fingerprint density at radius 2 is 2.04 bits per heavy atom. The molecule has 1 aromatic carbocycles. The lowest BCUT2D eigenvalue weighted by Gasteiger charge is -2.22. The molecule has 23 heavy (non-hydrogen) atoms. The predicted molar refractivity (Wildman–Crippen MR) is 105 cm³/mol. The molecule has 0 saturated heterocycles. The second kappa shape index (κ2) is 9.42. The van der Waals surface area contributed by atoms with Gasteiger partial charge in [0.15, 0.2) is 6.10 Å². The number of carbonyl (C=O) groups excluding carboxylic acids is 1. The van der Waals surface area contributed by atoms with Crippen LogP contribution in [0.4, 0.5) is 0 Å². The Hall–Kier alpha value is -0.0700. The summed E-state index contributed by atoms with van der Waals surface area (Å²) in [5.74, 6) is 0.873. The van der Waals surface area contributed by atoms with Gasteiger partial charge in [-0.15, -0.1) is 12.2 Å². The molecule has 0 aromatic heterocycles. The summed E-state index contributed by atoms with van der Waals surface area (Å²) in [5, 5.41) is 0.739. The normalized spacial score (nSPS) is 15.1. The van der Waals surface area contributed by atoms with Crippen LogP contribution in [0.25, 0.3) is 0 Å². The van der Waals surface area contributed by atoms with Gasteiger partial charge in [0.1, 0.15) is 11.2 Å². The quantitative estimate of drug-likeness (QED) is 0.370. The first-order valence-corrected chi connectivity index (χ1v) is 11.9. The van der Waals surface area contributed by atoms with Crippen LogP contribution in [-0.4, -0.2) is 25.8 Å². The van der Waals surface area contributed by atoms with E-state index in [1.54, 1.807) is 6.92 Å². The summed E-state index contributed by atoms with van der Waals surface area (Å²) in [5.41, 5.74) is -2.64. The number of benzene rings is 1. The zero-order chi connectivity index (χ0) is 17.6. The second-order valence-electron chi connectivity index (χ2n) is 5.44. The van der Waals surface area contributed by atoms with E-state index < -0.39 is 17.5 Å². The SMILES string of the molecule is COC(=O)[C@H](C)OP(=S)(S)c1ccc(OCCC(C)C)cc1Br. The van der Waals surface area contributed by atoms with E-state index in [1.807, 2.05) is 18.2 Å². The van der Waals surface area contributed by atoms with Gasteiger partial charge in [0.2, 0.25) is 0 Å². The maximum absolute atomic E-state index is 11.5. The Bertz CT molecular complexity index is 595. The van der Waals surface area contributed by atoms with Crippen molar-refractivity contribution in [3.8, 4) is 5.75 Å². The van der Waals surface area contributed by atoms with Crippen molar-refractivity contribution in [1.82, 2.24) is 0 Å². The molecule has 0 spiro atoms. The number of carbonyl (C=O) groups is 1. The highest BCUT2D eigenvalue weighted by Crippen LogP contribution is 2.53. The van der Waals surface area contributed by atoms with E-state index in [9.17, 15) is 4.79 Å². The number of methoxy groups -OCH3 is 1. The van der Waals surface area contributed by atoms with Gasteiger partial charge in [-0.05, 0) is 53.4 Å². The number of ether oxygens (including phenoxy) is 2. The van der Waals surface area contributed by atoms with E-state index in [4.69, 9.17) is 21.1 Å². The predicted octanol–water partition coefficient (Wildman–Crippen LogP) is 4.32. The van der Waals surface area contributed by atoms with Crippen molar-refractivity contribution in [1.29, 1.82) is 0 Å². The van der Waals surface area contributed by atoms with Crippen molar-refractivity contribution in [3.63, 3.8) is 0 Å². The maximum atomic E-state index is 11.5. The van der Waals surface area contributed by atoms with Gasteiger partial charge >= 0.3 is 5.97 Å². The molecule has 0 aliphatic carbocycles. The molecule has 0 aliphatic heterocycles. The Kier molecular flexibility index (Phi) is 8.59. The minimum atomic E-state index is -2.64. The average Bonchev–Trinajstić information content (AvgIpc) is 2.45. The Balaban J connectivity index is 2.83. The zero-order valence-electron chi connectivity index (χ0n) is 13.6. The lowest BCUT2D eigenvalue weighted by atomic mass is 10.1. The van der Waals surface area contributed by atoms with Crippen LogP contribution < -0.4 is 10.0 Å². The number of halogens is 1. The van der Waals surface area contributed by atoms with Gasteiger partial charge in [-0.25, -0.2) is 4.79 Å². The highest BCUT2D eigenvalue weighted by molar-refractivity contribution is 9.10. The summed E-state index contributed by atoms with van der Waals surface area (Å²) in [6.45, 7) is 6.56. The molecular weight excluding hydrogens is 419 g/mol. The Morgan fingerprint density at radius 1 is 1.39 bits per heavy atom. The molecule has 0 radical (unpaired) electrons. The van der Waals surface area contributed by atoms with Gasteiger partial charge in [-0.1, -0.05) is 25.7 Å². The molecule has 4 nitrogen and oxygen atoms in total. The first kappa shape index (κ1) is 21.0. The highest BCUT2D eigenvalue weighted by atomic mass is 79.9. The standard InChI is InChI=1S/C15H22BrO4PS2/c1-10(2)7-8-19-12-5-6-14(13(16)9-12)21(22,23)20-11(3)15(17)18-4/h5-6,9-11H,7-8H2,1-4H3,(H,22,23)/t11-/m0/s1. The molecule has 1 aromatic rings. The number of esters is 1. The number of hydrogen-bond donors (Lipinski definition) is 1. The van der Waals surface area contributed by atoms with E-state index in [0.29, 0.717) is 12.5 Å². The topological polar surface area (TPSA) is 44.8 Å². The van der Waals surface area contributed by atoms with Crippen molar-refractivity contribution in [2.45, 2.75) is 33.3 Å². The smallest absolute Gasteiger partial charge is 0.335 e. The molecule has 0 bridgehead atoms. The lowest BCUT2D eigenvalue weighted by molar-refractivity contribution is -0.147. The monoisotopic (exact) mass is 440 g/mol. The van der Waals surface area contributed by atoms with E-state index >= 15 is 0 Å². The molecular formula is C15H22BrO4PS2. The summed E-state index contributed by atoms with van der Waals surface area (Å²) >= 11 is 13.4. The van der Waals surface area contributed by atoms with E-state index in [-0.39, 0.29) is 0 Å². The van der Waals surface area contributed by atoms with Crippen molar-refractivity contribution in [2.75, 3.05) is 13.7 Å². The molecule has 8 heteroatoms. The molecule has 0 amide bonds. The lowest BCUT2D eigenvalue weighted by Crippen LogP contribution is -2.22. The van der Waals surface area contributed by atoms with Crippen LogP contribution >= 0.6 is 33.6 Å². The maximum Gasteiger partial charge on any atom is 0.335 e. The molecule has 2 atom stereocenters. The van der Waals surface area contributed by atoms with Crippen LogP contribution in [0.15, 0.2) is 22.7 Å². The number of hydrogen-bond acceptors (Lipinski definition) is 5. The third-order valence-electron chi connectivity index (χ3n) is 3.02. The Morgan fingerprint density at radius 3 is 2.57 bits per heavy atom. The summed E-state index contributed by atoms with van der Waals surface area (Å²) in [6.07, 6.45) is 0.223. The molecule has 0 aliphatic rings. The van der Waals surface area contributed by atoms with Crippen LogP contribution in [0.1, 0.15) is 27.2 Å². The molecule has 1 rings (SSSR count). The molecule has 1 unspecified atom stereocenters. The van der Waals surface area contributed by atoms with E-state index in [1.165, 1.54) is 7.11 Å². The van der Waals surface area contributed by atoms with Crippen molar-refractivity contribution >= 4 is 56.7 Å². The molecule has 0 fully saturated rings. The van der Waals surface area contributed by atoms with Crippen molar-refractivity contribution in [2.24, 2.45) is 5.92 Å². The van der Waals surface area contributed by atoms with Gasteiger partial charge in [0.25, 0.3) is 0 Å². The largest absolute Gasteiger partial charge is 0.494 e. The van der Waals surface area contributed by atoms with Gasteiger partial charge in [-0.3, -0.25) is 0 Å². The summed E-state index contributed by atoms with van der Waals surface area (Å²) in [6, 6.07) is 5.51. The van der Waals surface area contributed by atoms with Crippen LogP contribution in [-0.2, 0) is 25.9 Å². The Labute approximate surface area is 156 Å². The van der Waals surface area contributed by atoms with Gasteiger partial charge in [-0.2, -0.15) is 0 Å². The van der Waals surface area contributed by atoms with Gasteiger partial charge in [0.05, 0.1) is 13.7 Å². The fourth-order valence-corrected chi connectivity index (χ4v) is 6.61. The fraction of sp³-hybridized carbons (Fsp3) is 0.533. The minimum absolute atomic E-state index is 0.474. The van der Waals surface area contributed by atoms with Crippen LogP contribution in [0.3, 0.4) is 0 Å². The summed E-state index contributed by atoms with van der Waals surface area (Å²) in [4.78, 5) is 11.5. The van der Waals surface area contributed by atoms with Gasteiger partial charge in [0, 0.05) is 9.78 Å². The number of rotatable bonds is 8. The van der Waals surface area contributed by atoms with Crippen molar-refractivity contribution < 1.29 is 18.8 Å². The summed E-state index contributed by atoms with van der Waals surface area (Å²) < 4.78 is 16.8. The average molecular weight is 441 g/mol. The number of thiol groups is 1. The van der Waals surface area contributed by atoms with E-state index in [0.717, 1.165) is 21.9 Å². The highest BCUT2D eigenvalue weighted by Gasteiger charge is 2.26. The van der Waals surface area contributed by atoms with Gasteiger partial charge < -0.3 is 14.0 Å². The zero-order valence-corrected chi connectivity index (χ0v) is 17.8. The fourth-order valence-electron chi connectivity index (χ4n) is 1.70. The van der Waals surface area contributed by atoms with Crippen LogP contribution in [0.2, 0.25) is 0 Å².